The number of fused-ring (bicyclic) bond motifs is 5. The van der Waals surface area contributed by atoms with Crippen molar-refractivity contribution in [2.75, 3.05) is 19.5 Å². The number of hydrogen-bond donors (Lipinski definition) is 3. The number of amides is 1. The van der Waals surface area contributed by atoms with E-state index in [0.29, 0.717) is 5.75 Å². The monoisotopic (exact) mass is 869 g/mol. The van der Waals surface area contributed by atoms with E-state index in [1.54, 1.807) is 45.9 Å². The third-order valence-corrected chi connectivity index (χ3v) is 14.0. The summed E-state index contributed by atoms with van der Waals surface area (Å²) in [6.07, 6.45) is -6.43. The zero-order valence-electron chi connectivity index (χ0n) is 35.6. The molecule has 1 unspecified atom stereocenters. The SMILES string of the molecule is CCCCSC(=O)N[C@@H](c1ccco1)[C@@H](O)C(=O)O[C@H]1C[C@@]2(O)[C@@H](OC(=O)c3ccccc3)[C@@H]3C4(OC(C)=O)CO[C@@H]4C[C@H](OC)[C@@]3(C)C(=O)[C@H](OC(C)=O)C(=C1C)C2(C)C. The van der Waals surface area contributed by atoms with E-state index in [-0.39, 0.29) is 35.5 Å². The number of ether oxygens (including phenoxy) is 6. The Kier molecular flexibility index (Phi) is 13.3. The zero-order valence-corrected chi connectivity index (χ0v) is 36.4. The molecule has 11 atom stereocenters. The van der Waals surface area contributed by atoms with Crippen LogP contribution >= 0.6 is 11.8 Å². The highest BCUT2D eigenvalue weighted by Gasteiger charge is 2.78. The summed E-state index contributed by atoms with van der Waals surface area (Å²) < 4.78 is 42.1. The topological polar surface area (TPSA) is 223 Å². The molecule has 1 saturated heterocycles. The average molecular weight is 870 g/mol. The Balaban J connectivity index is 1.53. The molecule has 0 radical (unpaired) electrons. The van der Waals surface area contributed by atoms with Crippen LogP contribution in [0.5, 0.6) is 0 Å². The summed E-state index contributed by atoms with van der Waals surface area (Å²) in [7, 11) is 1.38. The van der Waals surface area contributed by atoms with Crippen LogP contribution in [0.25, 0.3) is 0 Å². The number of rotatable bonds is 13. The summed E-state index contributed by atoms with van der Waals surface area (Å²) in [4.78, 5) is 83.2. The fourth-order valence-electron chi connectivity index (χ4n) is 9.94. The number of esters is 4. The number of furan rings is 1. The lowest BCUT2D eigenvalue weighted by molar-refractivity contribution is -0.347. The van der Waals surface area contributed by atoms with Crippen LogP contribution in [-0.2, 0) is 47.6 Å². The minimum atomic E-state index is -2.33. The molecule has 1 amide bonds. The second-order valence-electron chi connectivity index (χ2n) is 17.0. The summed E-state index contributed by atoms with van der Waals surface area (Å²) in [5, 5.41) is 27.4. The molecule has 61 heavy (non-hydrogen) atoms. The van der Waals surface area contributed by atoms with Crippen LogP contribution in [-0.4, -0.2) is 112 Å². The number of hydrogen-bond acceptors (Lipinski definition) is 16. The second-order valence-corrected chi connectivity index (χ2v) is 18.0. The van der Waals surface area contributed by atoms with Crippen LogP contribution in [0.4, 0.5) is 4.79 Å². The molecule has 0 spiro atoms. The van der Waals surface area contributed by atoms with Gasteiger partial charge < -0.3 is 48.4 Å². The van der Waals surface area contributed by atoms with Crippen molar-refractivity contribution in [3.05, 3.63) is 71.2 Å². The van der Waals surface area contributed by atoms with Crippen molar-refractivity contribution < 1.29 is 71.8 Å². The third-order valence-electron chi connectivity index (χ3n) is 13.1. The Labute approximate surface area is 358 Å². The molecule has 1 aromatic carbocycles. The maximum atomic E-state index is 15.7. The smallest absolute Gasteiger partial charge is 0.338 e. The molecule has 1 aliphatic heterocycles. The molecule has 6 rings (SSSR count). The Morgan fingerprint density at radius 1 is 1.00 bits per heavy atom. The summed E-state index contributed by atoms with van der Waals surface area (Å²) in [5.41, 5.74) is -7.09. The van der Waals surface area contributed by atoms with Gasteiger partial charge >= 0.3 is 23.9 Å². The van der Waals surface area contributed by atoms with Crippen LogP contribution < -0.4 is 5.32 Å². The molecule has 1 aromatic heterocycles. The number of carbonyl (C=O) groups excluding carboxylic acids is 6. The number of thioether (sulfide) groups is 1. The van der Waals surface area contributed by atoms with Gasteiger partial charge in [-0.3, -0.25) is 19.2 Å². The van der Waals surface area contributed by atoms with E-state index in [0.717, 1.165) is 31.5 Å². The number of aliphatic hydroxyl groups is 2. The highest BCUT2D eigenvalue weighted by Crippen LogP contribution is 2.65. The van der Waals surface area contributed by atoms with Crippen molar-refractivity contribution in [2.45, 2.75) is 128 Å². The van der Waals surface area contributed by atoms with E-state index >= 15 is 4.79 Å². The number of methoxy groups -OCH3 is 1. The van der Waals surface area contributed by atoms with Gasteiger partial charge in [-0.2, -0.15) is 0 Å². The van der Waals surface area contributed by atoms with Crippen molar-refractivity contribution in [3.63, 3.8) is 0 Å². The van der Waals surface area contributed by atoms with E-state index in [1.807, 2.05) is 6.92 Å². The third kappa shape index (κ3) is 8.03. The van der Waals surface area contributed by atoms with E-state index in [4.69, 9.17) is 32.8 Å². The first-order valence-corrected chi connectivity index (χ1v) is 21.4. The van der Waals surface area contributed by atoms with E-state index in [9.17, 15) is 34.2 Å². The van der Waals surface area contributed by atoms with Gasteiger partial charge in [-0.1, -0.05) is 57.2 Å². The molecule has 16 nitrogen and oxygen atoms in total. The number of aliphatic hydroxyl groups excluding tert-OH is 1. The normalized spacial score (nSPS) is 32.3. The van der Waals surface area contributed by atoms with Gasteiger partial charge in [0.2, 0.25) is 0 Å². The lowest BCUT2D eigenvalue weighted by Crippen LogP contribution is -2.82. The largest absolute Gasteiger partial charge is 0.467 e. The molecule has 3 fully saturated rings. The molecule has 4 aliphatic rings. The molecule has 3 aliphatic carbocycles. The molecule has 332 valence electrons. The van der Waals surface area contributed by atoms with Crippen LogP contribution in [0.2, 0.25) is 0 Å². The first-order chi connectivity index (χ1) is 28.8. The quantitative estimate of drug-likeness (QED) is 0.106. The fraction of sp³-hybridized carbons (Fsp3) is 0.591. The molecular weight excluding hydrogens is 815 g/mol. The number of unbranched alkanes of at least 4 members (excludes halogenated alkanes) is 1. The van der Waals surface area contributed by atoms with Crippen molar-refractivity contribution in [1.82, 2.24) is 5.32 Å². The molecule has 3 N–H and O–H groups in total. The fourth-order valence-corrected chi connectivity index (χ4v) is 10.8. The van der Waals surface area contributed by atoms with E-state index in [2.05, 4.69) is 5.32 Å². The van der Waals surface area contributed by atoms with Gasteiger partial charge in [0.1, 0.15) is 35.7 Å². The van der Waals surface area contributed by atoms with Crippen LogP contribution in [0.1, 0.15) is 96.3 Å². The number of nitrogens with one attached hydrogen (secondary N) is 1. The van der Waals surface area contributed by atoms with Crippen molar-refractivity contribution in [3.8, 4) is 0 Å². The van der Waals surface area contributed by atoms with Gasteiger partial charge in [-0.25, -0.2) is 9.59 Å². The highest BCUT2D eigenvalue weighted by atomic mass is 32.2. The van der Waals surface area contributed by atoms with Gasteiger partial charge in [0.05, 0.1) is 35.9 Å². The number of carbonyl (C=O) groups is 6. The number of Topliss-reactive ketones (excluding diaryl/α,β-unsaturated/α-hetero) is 1. The molecular formula is C44H55NO15S. The average Bonchev–Trinajstić information content (AvgIpc) is 3.74. The van der Waals surface area contributed by atoms with Crippen LogP contribution in [0, 0.1) is 16.7 Å². The second kappa shape index (κ2) is 17.7. The Morgan fingerprint density at radius 2 is 1.70 bits per heavy atom. The van der Waals surface area contributed by atoms with E-state index in [1.165, 1.54) is 44.6 Å². The predicted octanol–water partition coefficient (Wildman–Crippen LogP) is 4.80. The minimum Gasteiger partial charge on any atom is -0.467 e. The number of ketones is 1. The molecule has 17 heteroatoms. The van der Waals surface area contributed by atoms with Gasteiger partial charge in [-0.05, 0) is 55.7 Å². The van der Waals surface area contributed by atoms with Gasteiger partial charge in [0.25, 0.3) is 5.24 Å². The molecule has 2 saturated carbocycles. The van der Waals surface area contributed by atoms with Crippen LogP contribution in [0.3, 0.4) is 0 Å². The Morgan fingerprint density at radius 3 is 2.28 bits per heavy atom. The van der Waals surface area contributed by atoms with Gasteiger partial charge in [0.15, 0.2) is 23.6 Å². The molecule has 2 aromatic rings. The summed E-state index contributed by atoms with van der Waals surface area (Å²) in [5.74, 6) is -5.29. The lowest BCUT2D eigenvalue weighted by Gasteiger charge is -2.67. The summed E-state index contributed by atoms with van der Waals surface area (Å²) in [6, 6.07) is 9.56. The maximum absolute atomic E-state index is 15.7. The van der Waals surface area contributed by atoms with Crippen molar-refractivity contribution >= 4 is 46.7 Å². The molecule has 2 bridgehead atoms. The summed E-state index contributed by atoms with van der Waals surface area (Å²) in [6.45, 7) is 10.3. The first-order valence-electron chi connectivity index (χ1n) is 20.4. The minimum absolute atomic E-state index is 0.0388. The predicted molar refractivity (Wildman–Crippen MR) is 217 cm³/mol. The van der Waals surface area contributed by atoms with Crippen molar-refractivity contribution in [1.29, 1.82) is 0 Å². The molecule has 2 heterocycles. The van der Waals surface area contributed by atoms with Crippen molar-refractivity contribution in [2.24, 2.45) is 16.7 Å². The first kappa shape index (κ1) is 46.0. The van der Waals surface area contributed by atoms with Crippen LogP contribution in [0.15, 0.2) is 64.3 Å². The Hall–Kier alpha value is -4.55. The van der Waals surface area contributed by atoms with Gasteiger partial charge in [0, 0.05) is 45.0 Å². The highest BCUT2D eigenvalue weighted by molar-refractivity contribution is 8.13. The zero-order chi connectivity index (χ0) is 44.7. The lowest BCUT2D eigenvalue weighted by atomic mass is 9.44. The van der Waals surface area contributed by atoms with Gasteiger partial charge in [-0.15, -0.1) is 0 Å². The number of benzene rings is 1. The van der Waals surface area contributed by atoms with E-state index < -0.39 is 112 Å². The standard InChI is InChI=1S/C44H55NO15S/c1-9-10-19-61-40(52)45-32(27-17-14-18-55-27)33(48)39(51)58-28-21-44(53)37(59-38(50)26-15-12-11-13-16-26)35-42(7,29(54-8)20-30-43(35,22-56-30)60-25(4)47)36(49)34(57-24(3)46)31(23(28)2)41(44,5)6/h11-18,28-30,32-35,37,48,53H,9-10,19-22H2,1-8H3,(H,45,52)/t28-,29-,30+,32-,33+,34+,35-,37-,42+,43?,44+/m0/s1. The summed E-state index contributed by atoms with van der Waals surface area (Å²) >= 11 is 0.974. The maximum Gasteiger partial charge on any atom is 0.338 e. The Bertz CT molecular complexity index is 2040.